The number of halogens is 4. The van der Waals surface area contributed by atoms with E-state index in [2.05, 4.69) is 36.4 Å². The minimum absolute atomic E-state index is 0. The predicted molar refractivity (Wildman–Crippen MR) is 112 cm³/mol. The lowest BCUT2D eigenvalue weighted by Gasteiger charge is -2.30. The monoisotopic (exact) mass is 503 g/mol. The maximum atomic E-state index is 12.2. The number of ether oxygens (including phenoxy) is 2. The molecule has 0 aliphatic heterocycles. The summed E-state index contributed by atoms with van der Waals surface area (Å²) in [4.78, 5) is 4.14. The van der Waals surface area contributed by atoms with Gasteiger partial charge in [0, 0.05) is 27.2 Å². The highest BCUT2D eigenvalue weighted by Gasteiger charge is 2.28. The minimum atomic E-state index is -4.36. The SMILES string of the molecule is CN=C(NCc1cccc(OCC(F)(F)F)c1)NCC(OC)C(C)(C)C.I. The number of hydrogen-bond acceptors (Lipinski definition) is 3. The number of guanidine groups is 1. The lowest BCUT2D eigenvalue weighted by Crippen LogP contribution is -2.45. The summed E-state index contributed by atoms with van der Waals surface area (Å²) in [6.07, 6.45) is -4.36. The van der Waals surface area contributed by atoms with Crippen LogP contribution in [0, 0.1) is 5.41 Å². The molecule has 0 heterocycles. The van der Waals surface area contributed by atoms with Crippen LogP contribution in [0.4, 0.5) is 13.2 Å². The minimum Gasteiger partial charge on any atom is -0.484 e. The molecular formula is C18H29F3IN3O2. The number of alkyl halides is 3. The van der Waals surface area contributed by atoms with Crippen molar-refractivity contribution in [3.05, 3.63) is 29.8 Å². The van der Waals surface area contributed by atoms with E-state index in [1.807, 2.05) is 0 Å². The molecule has 0 radical (unpaired) electrons. The van der Waals surface area contributed by atoms with Crippen LogP contribution in [0.25, 0.3) is 0 Å². The average molecular weight is 503 g/mol. The van der Waals surface area contributed by atoms with Gasteiger partial charge in [-0.2, -0.15) is 13.2 Å². The fraction of sp³-hybridized carbons (Fsp3) is 0.611. The maximum absolute atomic E-state index is 12.2. The van der Waals surface area contributed by atoms with Crippen molar-refractivity contribution in [2.24, 2.45) is 10.4 Å². The molecule has 0 aliphatic rings. The van der Waals surface area contributed by atoms with Gasteiger partial charge < -0.3 is 20.1 Å². The average Bonchev–Trinajstić information content (AvgIpc) is 2.55. The molecule has 1 aromatic carbocycles. The Bertz CT molecular complexity index is 590. The van der Waals surface area contributed by atoms with E-state index in [0.717, 1.165) is 5.56 Å². The lowest BCUT2D eigenvalue weighted by molar-refractivity contribution is -0.153. The molecule has 0 aliphatic carbocycles. The molecular weight excluding hydrogens is 474 g/mol. The van der Waals surface area contributed by atoms with E-state index in [-0.39, 0.29) is 41.2 Å². The van der Waals surface area contributed by atoms with Crippen molar-refractivity contribution in [2.75, 3.05) is 27.3 Å². The summed E-state index contributed by atoms with van der Waals surface area (Å²) >= 11 is 0. The third-order valence-electron chi connectivity index (χ3n) is 3.69. The number of benzene rings is 1. The molecule has 156 valence electrons. The summed E-state index contributed by atoms with van der Waals surface area (Å²) in [5.41, 5.74) is 0.761. The van der Waals surface area contributed by atoms with E-state index in [9.17, 15) is 13.2 Å². The van der Waals surface area contributed by atoms with Gasteiger partial charge in [-0.05, 0) is 23.1 Å². The fourth-order valence-electron chi connectivity index (χ4n) is 2.25. The molecule has 27 heavy (non-hydrogen) atoms. The fourth-order valence-corrected chi connectivity index (χ4v) is 2.25. The van der Waals surface area contributed by atoms with Crippen molar-refractivity contribution in [3.63, 3.8) is 0 Å². The van der Waals surface area contributed by atoms with Crippen LogP contribution in [-0.4, -0.2) is 45.5 Å². The first-order valence-electron chi connectivity index (χ1n) is 8.31. The summed E-state index contributed by atoms with van der Waals surface area (Å²) in [6, 6.07) is 6.52. The van der Waals surface area contributed by atoms with Crippen LogP contribution in [0.1, 0.15) is 26.3 Å². The Morgan fingerprint density at radius 2 is 1.85 bits per heavy atom. The van der Waals surface area contributed by atoms with Gasteiger partial charge in [-0.1, -0.05) is 32.9 Å². The van der Waals surface area contributed by atoms with Crippen LogP contribution in [0.15, 0.2) is 29.3 Å². The second kappa shape index (κ2) is 11.6. The molecule has 0 bridgehead atoms. The number of rotatable bonds is 7. The second-order valence-electron chi connectivity index (χ2n) is 6.95. The van der Waals surface area contributed by atoms with Crippen LogP contribution < -0.4 is 15.4 Å². The molecule has 0 aromatic heterocycles. The Kier molecular flexibility index (Phi) is 11.0. The van der Waals surface area contributed by atoms with Gasteiger partial charge >= 0.3 is 6.18 Å². The molecule has 0 amide bonds. The van der Waals surface area contributed by atoms with Crippen LogP contribution >= 0.6 is 24.0 Å². The molecule has 1 atom stereocenters. The van der Waals surface area contributed by atoms with Gasteiger partial charge in [0.2, 0.25) is 0 Å². The van der Waals surface area contributed by atoms with E-state index in [4.69, 9.17) is 9.47 Å². The third kappa shape index (κ3) is 10.6. The molecule has 2 N–H and O–H groups in total. The Morgan fingerprint density at radius 3 is 2.37 bits per heavy atom. The Morgan fingerprint density at radius 1 is 1.19 bits per heavy atom. The van der Waals surface area contributed by atoms with Crippen molar-refractivity contribution in [2.45, 2.75) is 39.6 Å². The van der Waals surface area contributed by atoms with Gasteiger partial charge in [-0.3, -0.25) is 4.99 Å². The molecule has 1 rings (SSSR count). The molecule has 1 unspecified atom stereocenters. The number of nitrogens with one attached hydrogen (secondary N) is 2. The molecule has 0 fully saturated rings. The normalized spacial score (nSPS) is 13.6. The topological polar surface area (TPSA) is 54.9 Å². The smallest absolute Gasteiger partial charge is 0.422 e. The standard InChI is InChI=1S/C18H28F3N3O2.HI/c1-17(2,3)15(25-5)11-24-16(22-4)23-10-13-7-6-8-14(9-13)26-12-18(19,20)21;/h6-9,15H,10-12H2,1-5H3,(H2,22,23,24);1H. The zero-order valence-corrected chi connectivity index (χ0v) is 18.6. The summed E-state index contributed by atoms with van der Waals surface area (Å²) in [6.45, 7) is 5.94. The summed E-state index contributed by atoms with van der Waals surface area (Å²) in [7, 11) is 3.32. The van der Waals surface area contributed by atoms with Crippen LogP contribution in [-0.2, 0) is 11.3 Å². The van der Waals surface area contributed by atoms with Crippen molar-refractivity contribution < 1.29 is 22.6 Å². The Labute approximate surface area is 176 Å². The van der Waals surface area contributed by atoms with E-state index < -0.39 is 12.8 Å². The third-order valence-corrected chi connectivity index (χ3v) is 3.69. The first-order chi connectivity index (χ1) is 12.0. The summed E-state index contributed by atoms with van der Waals surface area (Å²) in [5.74, 6) is 0.759. The highest BCUT2D eigenvalue weighted by molar-refractivity contribution is 14.0. The lowest BCUT2D eigenvalue weighted by atomic mass is 9.89. The first kappa shape index (κ1) is 25.8. The zero-order valence-electron chi connectivity index (χ0n) is 16.3. The number of aliphatic imine (C=N–C) groups is 1. The quantitative estimate of drug-likeness (QED) is 0.336. The van der Waals surface area contributed by atoms with Crippen molar-refractivity contribution in [1.29, 1.82) is 0 Å². The van der Waals surface area contributed by atoms with Gasteiger partial charge in [0.15, 0.2) is 12.6 Å². The van der Waals surface area contributed by atoms with E-state index in [1.165, 1.54) is 6.07 Å². The largest absolute Gasteiger partial charge is 0.484 e. The van der Waals surface area contributed by atoms with Gasteiger partial charge in [0.05, 0.1) is 6.10 Å². The summed E-state index contributed by atoms with van der Waals surface area (Å²) in [5, 5.41) is 6.31. The van der Waals surface area contributed by atoms with Crippen LogP contribution in [0.5, 0.6) is 5.75 Å². The molecule has 5 nitrogen and oxygen atoms in total. The first-order valence-corrected chi connectivity index (χ1v) is 8.31. The van der Waals surface area contributed by atoms with Crippen molar-refractivity contribution in [3.8, 4) is 5.75 Å². The van der Waals surface area contributed by atoms with Crippen LogP contribution in [0.3, 0.4) is 0 Å². The van der Waals surface area contributed by atoms with Crippen LogP contribution in [0.2, 0.25) is 0 Å². The molecule has 0 saturated carbocycles. The molecule has 1 aromatic rings. The molecule has 0 spiro atoms. The highest BCUT2D eigenvalue weighted by Crippen LogP contribution is 2.21. The summed E-state index contributed by atoms with van der Waals surface area (Å²) < 4.78 is 46.9. The maximum Gasteiger partial charge on any atom is 0.422 e. The van der Waals surface area contributed by atoms with Gasteiger partial charge in [0.1, 0.15) is 5.75 Å². The predicted octanol–water partition coefficient (Wildman–Crippen LogP) is 3.97. The number of hydrogen-bond donors (Lipinski definition) is 2. The van der Waals surface area contributed by atoms with Crippen molar-refractivity contribution in [1.82, 2.24) is 10.6 Å². The van der Waals surface area contributed by atoms with E-state index >= 15 is 0 Å². The molecule has 9 heteroatoms. The second-order valence-corrected chi connectivity index (χ2v) is 6.95. The molecule has 0 saturated heterocycles. The van der Waals surface area contributed by atoms with Gasteiger partial charge in [-0.15, -0.1) is 24.0 Å². The van der Waals surface area contributed by atoms with E-state index in [0.29, 0.717) is 19.0 Å². The van der Waals surface area contributed by atoms with E-state index in [1.54, 1.807) is 32.4 Å². The number of nitrogens with zero attached hydrogens (tertiary/aromatic N) is 1. The van der Waals surface area contributed by atoms with Gasteiger partial charge in [-0.25, -0.2) is 0 Å². The Balaban J connectivity index is 0.00000676. The van der Waals surface area contributed by atoms with Crippen molar-refractivity contribution >= 4 is 29.9 Å². The van der Waals surface area contributed by atoms with Gasteiger partial charge in [0.25, 0.3) is 0 Å². The number of methoxy groups -OCH3 is 1. The zero-order chi connectivity index (χ0) is 19.8. The Hall–Kier alpha value is -1.23. The highest BCUT2D eigenvalue weighted by atomic mass is 127.